The summed E-state index contributed by atoms with van der Waals surface area (Å²) in [6, 6.07) is -1.02. The first-order chi connectivity index (χ1) is 14.6. The highest BCUT2D eigenvalue weighted by atomic mass is 32.2. The molecule has 0 aromatic carbocycles. The highest BCUT2D eigenvalue weighted by molar-refractivity contribution is 7.98. The molecule has 31 heavy (non-hydrogen) atoms. The van der Waals surface area contributed by atoms with Gasteiger partial charge in [0.25, 0.3) is 5.91 Å². The number of aromatic nitrogens is 4. The predicted molar refractivity (Wildman–Crippen MR) is 110 cm³/mol. The van der Waals surface area contributed by atoms with Crippen LogP contribution in [0, 0.1) is 0 Å². The Labute approximate surface area is 181 Å². The van der Waals surface area contributed by atoms with E-state index in [-0.39, 0.29) is 23.4 Å². The van der Waals surface area contributed by atoms with Crippen molar-refractivity contribution in [3.05, 3.63) is 12.7 Å². The molecule has 16 heteroatoms. The van der Waals surface area contributed by atoms with Crippen LogP contribution >= 0.6 is 11.8 Å². The quantitative estimate of drug-likeness (QED) is 0.252. The lowest BCUT2D eigenvalue weighted by Crippen LogP contribution is -2.45. The molecule has 172 valence electrons. The van der Waals surface area contributed by atoms with Gasteiger partial charge in [0, 0.05) is 0 Å². The molecule has 2 aromatic heterocycles. The summed E-state index contributed by atoms with van der Waals surface area (Å²) >= 11 is 1.46. The second-order valence-electron chi connectivity index (χ2n) is 6.72. The Morgan fingerprint density at radius 3 is 2.84 bits per heavy atom. The van der Waals surface area contributed by atoms with Gasteiger partial charge >= 0.3 is 10.3 Å². The highest BCUT2D eigenvalue weighted by Gasteiger charge is 2.45. The minimum absolute atomic E-state index is 0.120. The van der Waals surface area contributed by atoms with Crippen molar-refractivity contribution in [1.29, 1.82) is 0 Å². The average Bonchev–Trinajstić information content (AvgIpc) is 3.27. The predicted octanol–water partition coefficient (Wildman–Crippen LogP) is -2.51. The van der Waals surface area contributed by atoms with Gasteiger partial charge in [-0.1, -0.05) is 0 Å². The van der Waals surface area contributed by atoms with Crippen LogP contribution < -0.4 is 16.2 Å². The fraction of sp³-hybridized carbons (Fsp3) is 0.600. The van der Waals surface area contributed by atoms with E-state index in [1.54, 1.807) is 4.72 Å². The SMILES string of the molecule is CSCC[C@H](N)C(=O)NS(=O)(=O)OC[C@H]1O[C@@H](n2cnc3c(N)ncnc32)[C@@H](O)[C@H]1O. The van der Waals surface area contributed by atoms with Crippen LogP contribution in [0.1, 0.15) is 12.6 Å². The van der Waals surface area contributed by atoms with Gasteiger partial charge < -0.3 is 26.4 Å². The number of nitrogens with two attached hydrogens (primary N) is 2. The number of fused-ring (bicyclic) bond motifs is 1. The molecular formula is C15H23N7O7S2. The van der Waals surface area contributed by atoms with Crippen LogP contribution in [0.3, 0.4) is 0 Å². The molecule has 3 heterocycles. The number of carbonyl (C=O) groups excluding carboxylic acids is 1. The van der Waals surface area contributed by atoms with E-state index in [9.17, 15) is 23.4 Å². The van der Waals surface area contributed by atoms with Crippen molar-refractivity contribution in [2.45, 2.75) is 37.0 Å². The summed E-state index contributed by atoms with van der Waals surface area (Å²) in [7, 11) is -4.51. The smallest absolute Gasteiger partial charge is 0.362 e. The van der Waals surface area contributed by atoms with Crippen molar-refractivity contribution in [1.82, 2.24) is 24.2 Å². The largest absolute Gasteiger partial charge is 0.387 e. The molecule has 3 rings (SSSR count). The van der Waals surface area contributed by atoms with Crippen LogP contribution in [0.25, 0.3) is 11.2 Å². The first kappa shape index (κ1) is 23.6. The average molecular weight is 478 g/mol. The number of amides is 1. The van der Waals surface area contributed by atoms with Crippen LogP contribution in [0.5, 0.6) is 0 Å². The number of nitrogens with one attached hydrogen (secondary N) is 1. The second-order valence-corrected chi connectivity index (χ2v) is 9.06. The van der Waals surface area contributed by atoms with Gasteiger partial charge in [-0.15, -0.1) is 0 Å². The van der Waals surface area contributed by atoms with Crippen molar-refractivity contribution in [3.8, 4) is 0 Å². The van der Waals surface area contributed by atoms with E-state index >= 15 is 0 Å². The molecule has 0 saturated carbocycles. The molecule has 0 unspecified atom stereocenters. The minimum atomic E-state index is -4.51. The molecule has 0 spiro atoms. The summed E-state index contributed by atoms with van der Waals surface area (Å²) in [5.74, 6) is -0.215. The topological polar surface area (TPSA) is 218 Å². The normalized spacial score (nSPS) is 25.0. The van der Waals surface area contributed by atoms with E-state index in [1.807, 2.05) is 6.26 Å². The number of rotatable bonds is 9. The van der Waals surface area contributed by atoms with E-state index in [2.05, 4.69) is 15.0 Å². The number of hydrogen-bond acceptors (Lipinski definition) is 13. The van der Waals surface area contributed by atoms with E-state index in [0.29, 0.717) is 5.75 Å². The van der Waals surface area contributed by atoms with E-state index < -0.39 is 53.4 Å². The molecule has 1 aliphatic heterocycles. The van der Waals surface area contributed by atoms with Crippen molar-refractivity contribution in [2.24, 2.45) is 5.73 Å². The Morgan fingerprint density at radius 1 is 1.39 bits per heavy atom. The molecular weight excluding hydrogens is 454 g/mol. The Hall–Kier alpha value is -2.08. The number of aliphatic hydroxyl groups is 2. The summed E-state index contributed by atoms with van der Waals surface area (Å²) in [5.41, 5.74) is 11.9. The van der Waals surface area contributed by atoms with Gasteiger partial charge in [0.05, 0.1) is 19.0 Å². The zero-order chi connectivity index (χ0) is 22.8. The molecule has 1 amide bonds. The van der Waals surface area contributed by atoms with Crippen LogP contribution in [-0.2, 0) is 24.0 Å². The summed E-state index contributed by atoms with van der Waals surface area (Å²) in [6.07, 6.45) is -0.689. The maximum Gasteiger partial charge on any atom is 0.362 e. The molecule has 7 N–H and O–H groups in total. The van der Waals surface area contributed by atoms with Crippen molar-refractivity contribution < 1.29 is 32.3 Å². The fourth-order valence-electron chi connectivity index (χ4n) is 2.91. The Kier molecular flexibility index (Phi) is 7.30. The minimum Gasteiger partial charge on any atom is -0.387 e. The van der Waals surface area contributed by atoms with Crippen molar-refractivity contribution >= 4 is 45.0 Å². The van der Waals surface area contributed by atoms with Crippen LogP contribution in [-0.4, -0.2) is 87.0 Å². The summed E-state index contributed by atoms with van der Waals surface area (Å²) < 4.78 is 37.4. The third-order valence-electron chi connectivity index (χ3n) is 4.58. The van der Waals surface area contributed by atoms with Gasteiger partial charge in [-0.05, 0) is 18.4 Å². The monoisotopic (exact) mass is 477 g/mol. The Bertz CT molecular complexity index is 1030. The number of hydrogen-bond donors (Lipinski definition) is 5. The molecule has 1 saturated heterocycles. The third kappa shape index (κ3) is 5.22. The summed E-state index contributed by atoms with van der Waals surface area (Å²) in [6.45, 7) is -0.666. The molecule has 1 aliphatic rings. The maximum atomic E-state index is 12.0. The molecule has 2 aromatic rings. The molecule has 0 bridgehead atoms. The van der Waals surface area contributed by atoms with Crippen LogP contribution in [0.4, 0.5) is 5.82 Å². The number of nitrogen functional groups attached to an aromatic ring is 1. The van der Waals surface area contributed by atoms with Gasteiger partial charge in [-0.25, -0.2) is 19.7 Å². The van der Waals surface area contributed by atoms with Gasteiger partial charge in [0.2, 0.25) is 0 Å². The number of nitrogens with zero attached hydrogens (tertiary/aromatic N) is 4. The van der Waals surface area contributed by atoms with Crippen LogP contribution in [0.2, 0.25) is 0 Å². The second kappa shape index (κ2) is 9.60. The molecule has 1 fully saturated rings. The standard InChI is InChI=1S/C15H23N7O7S2/c1-30-3-2-7(16)14(25)21-31(26,27)28-4-8-10(23)11(24)15(29-8)22-6-20-9-12(17)18-5-19-13(9)22/h5-8,10-11,15,23-24H,2-4,16H2,1H3,(H,21,25)(H2,17,18,19)/t7-,8+,10-,11-,15+/m0/s1. The van der Waals surface area contributed by atoms with Gasteiger partial charge in [-0.3, -0.25) is 13.5 Å². The maximum absolute atomic E-state index is 12.0. The van der Waals surface area contributed by atoms with E-state index in [4.69, 9.17) is 20.4 Å². The van der Waals surface area contributed by atoms with E-state index in [0.717, 1.165) is 0 Å². The van der Waals surface area contributed by atoms with Gasteiger partial charge in [0.15, 0.2) is 17.7 Å². The first-order valence-corrected chi connectivity index (χ1v) is 11.8. The Morgan fingerprint density at radius 2 is 2.13 bits per heavy atom. The lowest BCUT2D eigenvalue weighted by molar-refractivity contribution is -0.120. The molecule has 5 atom stereocenters. The number of thioether (sulfide) groups is 1. The molecule has 0 radical (unpaired) electrons. The lowest BCUT2D eigenvalue weighted by atomic mass is 10.1. The molecule has 0 aliphatic carbocycles. The first-order valence-electron chi connectivity index (χ1n) is 9.04. The zero-order valence-electron chi connectivity index (χ0n) is 16.4. The van der Waals surface area contributed by atoms with Crippen molar-refractivity contribution in [2.75, 3.05) is 24.3 Å². The fourth-order valence-corrected chi connectivity index (χ4v) is 4.17. The highest BCUT2D eigenvalue weighted by Crippen LogP contribution is 2.32. The lowest BCUT2D eigenvalue weighted by Gasteiger charge is -2.16. The van der Waals surface area contributed by atoms with Crippen molar-refractivity contribution in [3.63, 3.8) is 0 Å². The number of carbonyl (C=O) groups is 1. The van der Waals surface area contributed by atoms with Gasteiger partial charge in [0.1, 0.15) is 30.2 Å². The number of ether oxygens (including phenoxy) is 1. The number of aliphatic hydroxyl groups excluding tert-OH is 2. The summed E-state index contributed by atoms with van der Waals surface area (Å²) in [4.78, 5) is 23.8. The van der Waals surface area contributed by atoms with Gasteiger partial charge in [-0.2, -0.15) is 20.2 Å². The molecule has 14 nitrogen and oxygen atoms in total. The zero-order valence-corrected chi connectivity index (χ0v) is 18.0. The Balaban J connectivity index is 1.64. The number of anilines is 1. The third-order valence-corrected chi connectivity index (χ3v) is 6.12. The van der Waals surface area contributed by atoms with Crippen LogP contribution in [0.15, 0.2) is 12.7 Å². The summed E-state index contributed by atoms with van der Waals surface area (Å²) in [5, 5.41) is 20.6. The number of imidazole rings is 1. The van der Waals surface area contributed by atoms with E-state index in [1.165, 1.54) is 29.0 Å².